The zero-order chi connectivity index (χ0) is 22.6. The predicted molar refractivity (Wildman–Crippen MR) is 130 cm³/mol. The molecule has 33 heavy (non-hydrogen) atoms. The quantitative estimate of drug-likeness (QED) is 0.605. The molecule has 1 aliphatic carbocycles. The SMILES string of the molecule is C[C@H]1CCCC[C@H]1NC(=O)C1CCN(Cc2cnn(-c3ccccc3)c2-n2cccc2)CC1. The zero-order valence-corrected chi connectivity index (χ0v) is 19.6. The predicted octanol–water partition coefficient (Wildman–Crippen LogP) is 4.57. The van der Waals surface area contributed by atoms with Crippen LogP contribution in [0.3, 0.4) is 0 Å². The highest BCUT2D eigenvalue weighted by Gasteiger charge is 2.29. The average Bonchev–Trinajstić information content (AvgIpc) is 3.51. The van der Waals surface area contributed by atoms with Gasteiger partial charge < -0.3 is 9.88 Å². The molecule has 5 rings (SSSR count). The van der Waals surface area contributed by atoms with Gasteiger partial charge in [-0.15, -0.1) is 0 Å². The van der Waals surface area contributed by atoms with Crippen molar-refractivity contribution in [3.05, 3.63) is 66.6 Å². The smallest absolute Gasteiger partial charge is 0.223 e. The van der Waals surface area contributed by atoms with E-state index in [0.717, 1.165) is 50.4 Å². The largest absolute Gasteiger partial charge is 0.353 e. The summed E-state index contributed by atoms with van der Waals surface area (Å²) in [5.41, 5.74) is 2.26. The van der Waals surface area contributed by atoms with Crippen LogP contribution < -0.4 is 5.32 Å². The number of nitrogens with zero attached hydrogens (tertiary/aromatic N) is 4. The molecular weight excluding hydrogens is 410 g/mol. The molecule has 0 bridgehead atoms. The molecule has 0 spiro atoms. The van der Waals surface area contributed by atoms with Crippen molar-refractivity contribution in [2.24, 2.45) is 11.8 Å². The molecule has 2 aliphatic rings. The van der Waals surface area contributed by atoms with E-state index in [0.29, 0.717) is 12.0 Å². The third kappa shape index (κ3) is 4.91. The Morgan fingerprint density at radius 3 is 2.45 bits per heavy atom. The summed E-state index contributed by atoms with van der Waals surface area (Å²) in [7, 11) is 0. The number of piperidine rings is 1. The third-order valence-electron chi connectivity index (χ3n) is 7.46. The van der Waals surface area contributed by atoms with Gasteiger partial charge in [0.05, 0.1) is 11.9 Å². The Hall–Kier alpha value is -2.86. The van der Waals surface area contributed by atoms with Gasteiger partial charge in [0.25, 0.3) is 0 Å². The maximum absolute atomic E-state index is 12.9. The number of hydrogen-bond donors (Lipinski definition) is 1. The van der Waals surface area contributed by atoms with Crippen LogP contribution in [0.25, 0.3) is 11.5 Å². The normalized spacial score (nSPS) is 22.3. The van der Waals surface area contributed by atoms with E-state index in [1.54, 1.807) is 0 Å². The Labute approximate surface area is 196 Å². The number of carbonyl (C=O) groups is 1. The van der Waals surface area contributed by atoms with Gasteiger partial charge in [0.15, 0.2) is 0 Å². The maximum atomic E-state index is 12.9. The van der Waals surface area contributed by atoms with Crippen LogP contribution in [-0.4, -0.2) is 44.3 Å². The lowest BCUT2D eigenvalue weighted by atomic mass is 9.85. The van der Waals surface area contributed by atoms with E-state index in [4.69, 9.17) is 5.10 Å². The zero-order valence-electron chi connectivity index (χ0n) is 19.6. The fourth-order valence-corrected chi connectivity index (χ4v) is 5.42. The van der Waals surface area contributed by atoms with Crippen molar-refractivity contribution in [2.45, 2.75) is 58.0 Å². The van der Waals surface area contributed by atoms with E-state index in [1.165, 1.54) is 24.8 Å². The second kappa shape index (κ2) is 9.96. The molecule has 6 heteroatoms. The molecule has 2 atom stereocenters. The van der Waals surface area contributed by atoms with Gasteiger partial charge >= 0.3 is 0 Å². The fourth-order valence-electron chi connectivity index (χ4n) is 5.42. The number of nitrogens with one attached hydrogen (secondary N) is 1. The van der Waals surface area contributed by atoms with Gasteiger partial charge in [0.1, 0.15) is 5.82 Å². The highest BCUT2D eigenvalue weighted by Crippen LogP contribution is 2.27. The minimum atomic E-state index is 0.145. The number of benzene rings is 1. The molecule has 0 radical (unpaired) electrons. The third-order valence-corrected chi connectivity index (χ3v) is 7.46. The molecular formula is C27H35N5O. The number of aromatic nitrogens is 3. The van der Waals surface area contributed by atoms with E-state index in [-0.39, 0.29) is 11.8 Å². The fraction of sp³-hybridized carbons (Fsp3) is 0.481. The molecule has 6 nitrogen and oxygen atoms in total. The van der Waals surface area contributed by atoms with Crippen LogP contribution in [0, 0.1) is 11.8 Å². The van der Waals surface area contributed by atoms with E-state index in [1.807, 2.05) is 41.2 Å². The first-order chi connectivity index (χ1) is 16.2. The molecule has 1 amide bonds. The van der Waals surface area contributed by atoms with Gasteiger partial charge in [-0.05, 0) is 69.0 Å². The van der Waals surface area contributed by atoms with Crippen molar-refractivity contribution >= 4 is 5.91 Å². The summed E-state index contributed by atoms with van der Waals surface area (Å²) in [5.74, 6) is 2.11. The van der Waals surface area contributed by atoms with E-state index >= 15 is 0 Å². The van der Waals surface area contributed by atoms with Crippen molar-refractivity contribution < 1.29 is 4.79 Å². The van der Waals surface area contributed by atoms with Gasteiger partial charge in [-0.3, -0.25) is 9.69 Å². The van der Waals surface area contributed by atoms with Crippen LogP contribution in [0.1, 0.15) is 51.0 Å². The monoisotopic (exact) mass is 445 g/mol. The molecule has 1 saturated carbocycles. The first-order valence-electron chi connectivity index (χ1n) is 12.5. The van der Waals surface area contributed by atoms with Crippen LogP contribution in [0.4, 0.5) is 0 Å². The Balaban J connectivity index is 1.24. The minimum Gasteiger partial charge on any atom is -0.353 e. The molecule has 0 unspecified atom stereocenters. The maximum Gasteiger partial charge on any atom is 0.223 e. The molecule has 2 aromatic heterocycles. The van der Waals surface area contributed by atoms with E-state index in [2.05, 4.69) is 46.2 Å². The Morgan fingerprint density at radius 1 is 1.00 bits per heavy atom. The summed E-state index contributed by atoms with van der Waals surface area (Å²) in [4.78, 5) is 15.4. The minimum absolute atomic E-state index is 0.145. The van der Waals surface area contributed by atoms with Crippen molar-refractivity contribution in [3.8, 4) is 11.5 Å². The van der Waals surface area contributed by atoms with E-state index in [9.17, 15) is 4.79 Å². The molecule has 2 fully saturated rings. The first kappa shape index (κ1) is 22.0. The van der Waals surface area contributed by atoms with Crippen molar-refractivity contribution in [1.29, 1.82) is 0 Å². The Kier molecular flexibility index (Phi) is 6.63. The summed E-state index contributed by atoms with van der Waals surface area (Å²) in [6, 6.07) is 14.7. The van der Waals surface area contributed by atoms with Crippen molar-refractivity contribution in [3.63, 3.8) is 0 Å². The van der Waals surface area contributed by atoms with Crippen molar-refractivity contribution in [2.75, 3.05) is 13.1 Å². The lowest BCUT2D eigenvalue weighted by Gasteiger charge is -2.34. The Bertz CT molecular complexity index is 1030. The standard InChI is InChI=1S/C27H35N5O/c1-21-9-5-6-12-25(21)29-26(33)22-13-17-30(18-14-22)20-23-19-28-32(24-10-3-2-4-11-24)27(23)31-15-7-8-16-31/h2-4,7-8,10-11,15-16,19,21-22,25H,5-6,9,12-14,17-18,20H2,1H3,(H,29,33)/t21-,25+/m0/s1. The number of hydrogen-bond acceptors (Lipinski definition) is 3. The highest BCUT2D eigenvalue weighted by molar-refractivity contribution is 5.79. The molecule has 1 aliphatic heterocycles. The van der Waals surface area contributed by atoms with Crippen LogP contribution >= 0.6 is 0 Å². The van der Waals surface area contributed by atoms with Crippen LogP contribution in [0.2, 0.25) is 0 Å². The van der Waals surface area contributed by atoms with Crippen molar-refractivity contribution in [1.82, 2.24) is 24.6 Å². The molecule has 1 aromatic carbocycles. The number of likely N-dealkylation sites (tertiary alicyclic amines) is 1. The Morgan fingerprint density at radius 2 is 1.73 bits per heavy atom. The van der Waals surface area contributed by atoms with Crippen LogP contribution in [0.5, 0.6) is 0 Å². The molecule has 1 saturated heterocycles. The molecule has 3 heterocycles. The highest BCUT2D eigenvalue weighted by atomic mass is 16.2. The van der Waals surface area contributed by atoms with Gasteiger partial charge in [0.2, 0.25) is 5.91 Å². The van der Waals surface area contributed by atoms with Gasteiger partial charge in [0, 0.05) is 36.5 Å². The van der Waals surface area contributed by atoms with Gasteiger partial charge in [-0.25, -0.2) is 4.68 Å². The number of carbonyl (C=O) groups excluding carboxylic acids is 1. The molecule has 1 N–H and O–H groups in total. The number of para-hydroxylation sites is 1. The van der Waals surface area contributed by atoms with Crippen LogP contribution in [-0.2, 0) is 11.3 Å². The summed E-state index contributed by atoms with van der Waals surface area (Å²) in [6.07, 6.45) is 12.9. The summed E-state index contributed by atoms with van der Waals surface area (Å²) in [6.45, 7) is 5.01. The summed E-state index contributed by atoms with van der Waals surface area (Å²) >= 11 is 0. The summed E-state index contributed by atoms with van der Waals surface area (Å²) < 4.78 is 4.15. The second-order valence-corrected chi connectivity index (χ2v) is 9.76. The lowest BCUT2D eigenvalue weighted by Crippen LogP contribution is -2.46. The van der Waals surface area contributed by atoms with E-state index < -0.39 is 0 Å². The topological polar surface area (TPSA) is 55.1 Å². The van der Waals surface area contributed by atoms with Crippen LogP contribution in [0.15, 0.2) is 61.1 Å². The second-order valence-electron chi connectivity index (χ2n) is 9.76. The number of rotatable bonds is 6. The molecule has 174 valence electrons. The summed E-state index contributed by atoms with van der Waals surface area (Å²) in [5, 5.41) is 8.11. The average molecular weight is 446 g/mol. The first-order valence-corrected chi connectivity index (χ1v) is 12.5. The molecule has 3 aromatic rings. The lowest BCUT2D eigenvalue weighted by molar-refractivity contribution is -0.127. The number of amides is 1. The van der Waals surface area contributed by atoms with Gasteiger partial charge in [-0.1, -0.05) is 38.0 Å². The van der Waals surface area contributed by atoms with Gasteiger partial charge in [-0.2, -0.15) is 5.10 Å².